The van der Waals surface area contributed by atoms with Gasteiger partial charge in [-0.05, 0) is 29.8 Å². The van der Waals surface area contributed by atoms with Gasteiger partial charge in [0.2, 0.25) is 5.91 Å². The lowest BCUT2D eigenvalue weighted by molar-refractivity contribution is -0.115. The fraction of sp³-hybridized carbons (Fsp3) is 0.148. The van der Waals surface area contributed by atoms with E-state index < -0.39 is 17.6 Å². The van der Waals surface area contributed by atoms with E-state index in [9.17, 15) is 18.0 Å². The molecule has 8 heteroatoms. The molecule has 4 nitrogen and oxygen atoms in total. The van der Waals surface area contributed by atoms with Crippen molar-refractivity contribution in [3.8, 4) is 22.5 Å². The molecule has 0 radical (unpaired) electrons. The lowest BCUT2D eigenvalue weighted by Crippen LogP contribution is -2.16. The fourth-order valence-electron chi connectivity index (χ4n) is 3.58. The van der Waals surface area contributed by atoms with Crippen molar-refractivity contribution in [2.45, 2.75) is 25.7 Å². The average molecular weight is 496 g/mol. The third kappa shape index (κ3) is 5.69. The topological polar surface area (TPSA) is 54.9 Å². The van der Waals surface area contributed by atoms with Crippen LogP contribution in [0.25, 0.3) is 22.5 Å². The normalized spacial score (nSPS) is 11.3. The molecule has 0 atom stereocenters. The minimum atomic E-state index is -2.91. The SMILES string of the molecule is CCC(F)(F)c1ccc(CC(=O)Nc2ccc(-c3nccnc3-c3ccc(Cl)cc3)cc2F)cc1. The molecule has 4 aromatic rings. The molecule has 0 aliphatic heterocycles. The highest BCUT2D eigenvalue weighted by Gasteiger charge is 2.28. The maximum atomic E-state index is 14.9. The van der Waals surface area contributed by atoms with Gasteiger partial charge < -0.3 is 5.32 Å². The Hall–Kier alpha value is -3.71. The number of aromatic nitrogens is 2. The monoisotopic (exact) mass is 495 g/mol. The second kappa shape index (κ2) is 10.3. The van der Waals surface area contributed by atoms with Gasteiger partial charge in [-0.1, -0.05) is 61.0 Å². The lowest BCUT2D eigenvalue weighted by Gasteiger charge is -2.14. The minimum absolute atomic E-state index is 0.00446. The average Bonchev–Trinajstić information content (AvgIpc) is 2.86. The maximum absolute atomic E-state index is 14.9. The van der Waals surface area contributed by atoms with Gasteiger partial charge in [-0.25, -0.2) is 13.2 Å². The first-order valence-corrected chi connectivity index (χ1v) is 11.3. The highest BCUT2D eigenvalue weighted by atomic mass is 35.5. The fourth-order valence-corrected chi connectivity index (χ4v) is 3.71. The van der Waals surface area contributed by atoms with Gasteiger partial charge in [0, 0.05) is 40.5 Å². The molecule has 0 aliphatic rings. The van der Waals surface area contributed by atoms with Crippen molar-refractivity contribution in [2.75, 3.05) is 5.32 Å². The number of hydrogen-bond acceptors (Lipinski definition) is 3. The number of alkyl halides is 2. The van der Waals surface area contributed by atoms with Crippen LogP contribution >= 0.6 is 11.6 Å². The summed E-state index contributed by atoms with van der Waals surface area (Å²) in [6.45, 7) is 1.41. The highest BCUT2D eigenvalue weighted by molar-refractivity contribution is 6.30. The number of hydrogen-bond donors (Lipinski definition) is 1. The number of nitrogens with zero attached hydrogens (tertiary/aromatic N) is 2. The Morgan fingerprint density at radius 1 is 0.914 bits per heavy atom. The standard InChI is InChI=1S/C27H21ClF3N3O/c1-2-27(30,31)20-8-3-17(4-9-20)15-24(35)34-23-12-7-19(16-22(23)29)26-25(32-13-14-33-26)18-5-10-21(28)11-6-18/h3-14,16H,2,15H2,1H3,(H,34,35). The predicted octanol–water partition coefficient (Wildman–Crippen LogP) is 7.29. The Kier molecular flexibility index (Phi) is 7.17. The van der Waals surface area contributed by atoms with Crippen LogP contribution < -0.4 is 5.32 Å². The Bertz CT molecular complexity index is 1340. The molecule has 178 valence electrons. The van der Waals surface area contributed by atoms with E-state index in [4.69, 9.17) is 11.6 Å². The molecule has 3 aromatic carbocycles. The molecule has 0 unspecified atom stereocenters. The summed E-state index contributed by atoms with van der Waals surface area (Å²) < 4.78 is 42.4. The summed E-state index contributed by atoms with van der Waals surface area (Å²) in [5, 5.41) is 3.12. The van der Waals surface area contributed by atoms with Crippen LogP contribution in [0.5, 0.6) is 0 Å². The van der Waals surface area contributed by atoms with E-state index in [0.717, 1.165) is 5.56 Å². The molecular formula is C27H21ClF3N3O. The van der Waals surface area contributed by atoms with Gasteiger partial charge in [0.25, 0.3) is 5.92 Å². The van der Waals surface area contributed by atoms with Crippen molar-refractivity contribution in [3.05, 3.63) is 101 Å². The third-order valence-electron chi connectivity index (χ3n) is 5.52. The van der Waals surface area contributed by atoms with Crippen LogP contribution in [-0.4, -0.2) is 15.9 Å². The van der Waals surface area contributed by atoms with Crippen molar-refractivity contribution in [1.82, 2.24) is 9.97 Å². The molecule has 0 saturated heterocycles. The van der Waals surface area contributed by atoms with Crippen LogP contribution in [0, 0.1) is 5.82 Å². The molecule has 1 N–H and O–H groups in total. The zero-order valence-corrected chi connectivity index (χ0v) is 19.5. The van der Waals surface area contributed by atoms with E-state index in [2.05, 4.69) is 15.3 Å². The van der Waals surface area contributed by atoms with Crippen LogP contribution in [0.2, 0.25) is 5.02 Å². The van der Waals surface area contributed by atoms with Crippen molar-refractivity contribution in [2.24, 2.45) is 0 Å². The molecule has 1 aromatic heterocycles. The van der Waals surface area contributed by atoms with E-state index in [0.29, 0.717) is 27.5 Å². The summed E-state index contributed by atoms with van der Waals surface area (Å²) in [5.41, 5.74) is 2.76. The van der Waals surface area contributed by atoms with Crippen LogP contribution in [0.1, 0.15) is 24.5 Å². The van der Waals surface area contributed by atoms with Crippen LogP contribution in [0.15, 0.2) is 79.1 Å². The van der Waals surface area contributed by atoms with E-state index in [1.165, 1.54) is 49.5 Å². The molecule has 4 rings (SSSR count). The smallest absolute Gasteiger partial charge is 0.273 e. The number of nitrogens with one attached hydrogen (secondary N) is 1. The highest BCUT2D eigenvalue weighted by Crippen LogP contribution is 2.32. The van der Waals surface area contributed by atoms with Gasteiger partial charge >= 0.3 is 0 Å². The third-order valence-corrected chi connectivity index (χ3v) is 5.77. The second-order valence-corrected chi connectivity index (χ2v) is 8.37. The number of carbonyl (C=O) groups is 1. The first-order chi connectivity index (χ1) is 16.8. The van der Waals surface area contributed by atoms with Gasteiger partial charge in [-0.15, -0.1) is 0 Å². The molecular weight excluding hydrogens is 475 g/mol. The van der Waals surface area contributed by atoms with Gasteiger partial charge in [0.1, 0.15) is 5.82 Å². The molecule has 0 spiro atoms. The second-order valence-electron chi connectivity index (χ2n) is 7.93. The quantitative estimate of drug-likeness (QED) is 0.293. The zero-order chi connectivity index (χ0) is 25.0. The first-order valence-electron chi connectivity index (χ1n) is 10.9. The first kappa shape index (κ1) is 24.4. The summed E-state index contributed by atoms with van der Waals surface area (Å²) in [6, 6.07) is 17.0. The number of halogens is 4. The summed E-state index contributed by atoms with van der Waals surface area (Å²) in [6.07, 6.45) is 2.68. The molecule has 0 saturated carbocycles. The number of carbonyl (C=O) groups excluding carboxylic acids is 1. The minimum Gasteiger partial charge on any atom is -0.323 e. The molecule has 0 fully saturated rings. The summed E-state index contributed by atoms with van der Waals surface area (Å²) in [7, 11) is 0. The number of anilines is 1. The summed E-state index contributed by atoms with van der Waals surface area (Å²) in [4.78, 5) is 21.2. The molecule has 0 aliphatic carbocycles. The van der Waals surface area contributed by atoms with Crippen molar-refractivity contribution >= 4 is 23.2 Å². The number of amides is 1. The van der Waals surface area contributed by atoms with E-state index >= 15 is 0 Å². The van der Waals surface area contributed by atoms with Crippen LogP contribution in [0.3, 0.4) is 0 Å². The Labute approximate surface area is 205 Å². The largest absolute Gasteiger partial charge is 0.323 e. The number of benzene rings is 3. The van der Waals surface area contributed by atoms with Crippen molar-refractivity contribution < 1.29 is 18.0 Å². The van der Waals surface area contributed by atoms with Gasteiger partial charge in [0.15, 0.2) is 0 Å². The van der Waals surface area contributed by atoms with Gasteiger partial charge in [0.05, 0.1) is 23.5 Å². The lowest BCUT2D eigenvalue weighted by atomic mass is 10.0. The predicted molar refractivity (Wildman–Crippen MR) is 131 cm³/mol. The summed E-state index contributed by atoms with van der Waals surface area (Å²) >= 11 is 5.97. The molecule has 1 amide bonds. The van der Waals surface area contributed by atoms with E-state index in [1.807, 2.05) is 0 Å². The van der Waals surface area contributed by atoms with Crippen LogP contribution in [-0.2, 0) is 17.1 Å². The van der Waals surface area contributed by atoms with E-state index in [-0.39, 0.29) is 24.1 Å². The molecule has 1 heterocycles. The molecule has 35 heavy (non-hydrogen) atoms. The van der Waals surface area contributed by atoms with Crippen molar-refractivity contribution in [1.29, 1.82) is 0 Å². The van der Waals surface area contributed by atoms with Crippen LogP contribution in [0.4, 0.5) is 18.9 Å². The Morgan fingerprint density at radius 2 is 1.51 bits per heavy atom. The zero-order valence-electron chi connectivity index (χ0n) is 18.7. The van der Waals surface area contributed by atoms with Crippen molar-refractivity contribution in [3.63, 3.8) is 0 Å². The Morgan fingerprint density at radius 3 is 2.11 bits per heavy atom. The maximum Gasteiger partial charge on any atom is 0.273 e. The van der Waals surface area contributed by atoms with Gasteiger partial charge in [-0.2, -0.15) is 0 Å². The van der Waals surface area contributed by atoms with E-state index in [1.54, 1.807) is 36.5 Å². The molecule has 0 bridgehead atoms. The Balaban J connectivity index is 1.50. The number of rotatable bonds is 7. The van der Waals surface area contributed by atoms with Gasteiger partial charge in [-0.3, -0.25) is 14.8 Å². The summed E-state index contributed by atoms with van der Waals surface area (Å²) in [5.74, 6) is -4.02.